The van der Waals surface area contributed by atoms with Gasteiger partial charge in [0, 0.05) is 19.1 Å². The molecule has 2 N–H and O–H groups in total. The number of likely N-dealkylation sites (N-methyl/N-ethyl adjacent to an activating group) is 1. The lowest BCUT2D eigenvalue weighted by Gasteiger charge is -2.33. The summed E-state index contributed by atoms with van der Waals surface area (Å²) in [6, 6.07) is 0.102. The molecule has 0 spiro atoms. The van der Waals surface area contributed by atoms with Gasteiger partial charge in [-0.15, -0.1) is 0 Å². The maximum atomic E-state index is 6.07. The average molecular weight is 198 g/mol. The molecule has 1 aliphatic heterocycles. The number of nitrogens with two attached hydrogens (primary N) is 1. The minimum atomic E-state index is 0.102. The number of hydrogen-bond donors (Lipinski definition) is 1. The number of hydrogen-bond acceptors (Lipinski definition) is 3. The zero-order valence-corrected chi connectivity index (χ0v) is 9.33. The molecule has 14 heavy (non-hydrogen) atoms. The number of nitrogens with zero attached hydrogens (tertiary/aromatic N) is 1. The third kappa shape index (κ3) is 3.40. The second-order valence-electron chi connectivity index (χ2n) is 4.14. The molecule has 1 fully saturated rings. The van der Waals surface area contributed by atoms with Gasteiger partial charge in [0.25, 0.3) is 0 Å². The van der Waals surface area contributed by atoms with Crippen LogP contribution >= 0.6 is 0 Å². The van der Waals surface area contributed by atoms with Crippen molar-refractivity contribution in [2.45, 2.75) is 31.9 Å². The van der Waals surface area contributed by atoms with E-state index in [-0.39, 0.29) is 12.1 Å². The molecule has 0 amide bonds. The van der Waals surface area contributed by atoms with Gasteiger partial charge < -0.3 is 15.4 Å². The minimum Gasteiger partial charge on any atom is -0.374 e. The third-order valence-corrected chi connectivity index (χ3v) is 2.80. The Bertz CT molecular complexity index is 194. The maximum Gasteiger partial charge on any atom is 0.0856 e. The fraction of sp³-hybridized carbons (Fsp3) is 0.818. The van der Waals surface area contributed by atoms with Crippen molar-refractivity contribution in [3.05, 3.63) is 12.2 Å². The Balaban J connectivity index is 2.35. The summed E-state index contributed by atoms with van der Waals surface area (Å²) in [4.78, 5) is 2.27. The summed E-state index contributed by atoms with van der Waals surface area (Å²) in [5.41, 5.74) is 7.29. The summed E-state index contributed by atoms with van der Waals surface area (Å²) in [6.45, 7) is 8.85. The molecule has 2 atom stereocenters. The van der Waals surface area contributed by atoms with Crippen molar-refractivity contribution in [3.63, 3.8) is 0 Å². The standard InChI is InChI=1S/C11H22N2O/c1-4-9(2)7-10(12)11-8-13(3)5-6-14-11/h10-11H,2,4-8,12H2,1,3H3. The molecule has 1 heterocycles. The topological polar surface area (TPSA) is 38.5 Å². The zero-order chi connectivity index (χ0) is 10.6. The van der Waals surface area contributed by atoms with Crippen LogP contribution < -0.4 is 5.73 Å². The highest BCUT2D eigenvalue weighted by Gasteiger charge is 2.23. The van der Waals surface area contributed by atoms with Crippen LogP contribution in [0.5, 0.6) is 0 Å². The van der Waals surface area contributed by atoms with Crippen molar-refractivity contribution >= 4 is 0 Å². The number of morpholine rings is 1. The van der Waals surface area contributed by atoms with Gasteiger partial charge in [-0.25, -0.2) is 0 Å². The fourth-order valence-electron chi connectivity index (χ4n) is 1.68. The predicted molar refractivity (Wildman–Crippen MR) is 59.3 cm³/mol. The van der Waals surface area contributed by atoms with Gasteiger partial charge >= 0.3 is 0 Å². The molecule has 0 bridgehead atoms. The van der Waals surface area contributed by atoms with Crippen molar-refractivity contribution in [2.75, 3.05) is 26.7 Å². The first-order valence-corrected chi connectivity index (χ1v) is 5.35. The summed E-state index contributed by atoms with van der Waals surface area (Å²) in [5, 5.41) is 0. The molecule has 0 aromatic carbocycles. The Labute approximate surface area is 86.9 Å². The molecule has 0 aliphatic carbocycles. The van der Waals surface area contributed by atoms with E-state index >= 15 is 0 Å². The number of rotatable bonds is 4. The van der Waals surface area contributed by atoms with E-state index in [1.165, 1.54) is 5.57 Å². The van der Waals surface area contributed by atoms with E-state index in [0.29, 0.717) is 0 Å². The monoisotopic (exact) mass is 198 g/mol. The average Bonchev–Trinajstić information content (AvgIpc) is 2.17. The molecule has 1 saturated heterocycles. The molecular weight excluding hydrogens is 176 g/mol. The molecular formula is C11H22N2O. The second-order valence-corrected chi connectivity index (χ2v) is 4.14. The van der Waals surface area contributed by atoms with E-state index in [9.17, 15) is 0 Å². The Morgan fingerprint density at radius 3 is 3.00 bits per heavy atom. The van der Waals surface area contributed by atoms with Crippen molar-refractivity contribution in [3.8, 4) is 0 Å². The van der Waals surface area contributed by atoms with E-state index in [4.69, 9.17) is 10.5 Å². The van der Waals surface area contributed by atoms with Gasteiger partial charge in [-0.05, 0) is 19.9 Å². The molecule has 3 nitrogen and oxygen atoms in total. The SMILES string of the molecule is C=C(CC)CC(N)C1CN(C)CCO1. The van der Waals surface area contributed by atoms with Gasteiger partial charge in [0.15, 0.2) is 0 Å². The van der Waals surface area contributed by atoms with Crippen LogP contribution in [0.15, 0.2) is 12.2 Å². The summed E-state index contributed by atoms with van der Waals surface area (Å²) in [5.74, 6) is 0. The van der Waals surface area contributed by atoms with Gasteiger partial charge in [0.05, 0.1) is 12.7 Å². The molecule has 1 aliphatic rings. The molecule has 1 rings (SSSR count). The molecule has 0 saturated carbocycles. The van der Waals surface area contributed by atoms with Crippen LogP contribution in [-0.4, -0.2) is 43.8 Å². The highest BCUT2D eigenvalue weighted by Crippen LogP contribution is 2.13. The van der Waals surface area contributed by atoms with Gasteiger partial charge in [0.1, 0.15) is 0 Å². The van der Waals surface area contributed by atoms with Crippen molar-refractivity contribution in [1.82, 2.24) is 4.90 Å². The van der Waals surface area contributed by atoms with Gasteiger partial charge in [-0.3, -0.25) is 0 Å². The number of ether oxygens (including phenoxy) is 1. The van der Waals surface area contributed by atoms with E-state index in [1.54, 1.807) is 0 Å². The van der Waals surface area contributed by atoms with E-state index < -0.39 is 0 Å². The van der Waals surface area contributed by atoms with Crippen molar-refractivity contribution in [1.29, 1.82) is 0 Å². The minimum absolute atomic E-state index is 0.102. The Kier molecular flexibility index (Phi) is 4.58. The fourth-order valence-corrected chi connectivity index (χ4v) is 1.68. The highest BCUT2D eigenvalue weighted by molar-refractivity contribution is 4.98. The third-order valence-electron chi connectivity index (χ3n) is 2.80. The summed E-state index contributed by atoms with van der Waals surface area (Å²) < 4.78 is 5.65. The Hall–Kier alpha value is -0.380. The lowest BCUT2D eigenvalue weighted by Crippen LogP contribution is -2.49. The summed E-state index contributed by atoms with van der Waals surface area (Å²) in [6.07, 6.45) is 2.07. The normalized spacial score (nSPS) is 26.1. The first-order chi connectivity index (χ1) is 6.63. The van der Waals surface area contributed by atoms with E-state index in [1.807, 2.05) is 0 Å². The molecule has 0 radical (unpaired) electrons. The van der Waals surface area contributed by atoms with Crippen LogP contribution in [0.3, 0.4) is 0 Å². The molecule has 82 valence electrons. The lowest BCUT2D eigenvalue weighted by atomic mass is 10.0. The largest absolute Gasteiger partial charge is 0.374 e. The smallest absolute Gasteiger partial charge is 0.0856 e. The maximum absolute atomic E-state index is 6.07. The molecule has 2 unspecified atom stereocenters. The Morgan fingerprint density at radius 2 is 2.43 bits per heavy atom. The molecule has 3 heteroatoms. The van der Waals surface area contributed by atoms with Crippen LogP contribution in [0, 0.1) is 0 Å². The van der Waals surface area contributed by atoms with E-state index in [2.05, 4.69) is 25.5 Å². The Morgan fingerprint density at radius 1 is 1.71 bits per heavy atom. The van der Waals surface area contributed by atoms with E-state index in [0.717, 1.165) is 32.5 Å². The second kappa shape index (κ2) is 5.49. The van der Waals surface area contributed by atoms with Crippen LogP contribution in [-0.2, 0) is 4.74 Å². The first-order valence-electron chi connectivity index (χ1n) is 5.35. The van der Waals surface area contributed by atoms with Crippen LogP contribution in [0.1, 0.15) is 19.8 Å². The van der Waals surface area contributed by atoms with Crippen molar-refractivity contribution in [2.24, 2.45) is 5.73 Å². The van der Waals surface area contributed by atoms with Crippen LogP contribution in [0.2, 0.25) is 0 Å². The summed E-state index contributed by atoms with van der Waals surface area (Å²) >= 11 is 0. The van der Waals surface area contributed by atoms with Crippen LogP contribution in [0.4, 0.5) is 0 Å². The predicted octanol–water partition coefficient (Wildman–Crippen LogP) is 1.00. The van der Waals surface area contributed by atoms with Gasteiger partial charge in [0.2, 0.25) is 0 Å². The van der Waals surface area contributed by atoms with Gasteiger partial charge in [-0.2, -0.15) is 0 Å². The van der Waals surface area contributed by atoms with Crippen LogP contribution in [0.25, 0.3) is 0 Å². The molecule has 0 aromatic heterocycles. The highest BCUT2D eigenvalue weighted by atomic mass is 16.5. The quantitative estimate of drug-likeness (QED) is 0.685. The first kappa shape index (κ1) is 11.7. The summed E-state index contributed by atoms with van der Waals surface area (Å²) in [7, 11) is 2.11. The zero-order valence-electron chi connectivity index (χ0n) is 9.33. The van der Waals surface area contributed by atoms with Crippen molar-refractivity contribution < 1.29 is 4.74 Å². The van der Waals surface area contributed by atoms with Gasteiger partial charge in [-0.1, -0.05) is 19.1 Å². The lowest BCUT2D eigenvalue weighted by molar-refractivity contribution is -0.0319. The molecule has 0 aromatic rings.